The molecule has 0 saturated carbocycles. The van der Waals surface area contributed by atoms with Crippen LogP contribution in [0.2, 0.25) is 0 Å². The van der Waals surface area contributed by atoms with Crippen molar-refractivity contribution >= 4 is 5.91 Å². The number of carbonyl (C=O) groups is 1. The highest BCUT2D eigenvalue weighted by Crippen LogP contribution is 2.04. The highest BCUT2D eigenvalue weighted by atomic mass is 16.2. The average Bonchev–Trinajstić information content (AvgIpc) is 2.80. The second-order valence-electron chi connectivity index (χ2n) is 3.76. The molecule has 0 bridgehead atoms. The molecule has 0 unspecified atom stereocenters. The minimum atomic E-state index is -0.134. The summed E-state index contributed by atoms with van der Waals surface area (Å²) in [6.07, 6.45) is 1.42. The number of carbonyl (C=O) groups excluding carboxylic acids is 1. The maximum Gasteiger partial charge on any atom is 0.272 e. The summed E-state index contributed by atoms with van der Waals surface area (Å²) < 4.78 is 0. The van der Waals surface area contributed by atoms with Crippen LogP contribution < -0.4 is 0 Å². The van der Waals surface area contributed by atoms with Gasteiger partial charge in [-0.1, -0.05) is 6.07 Å². The fourth-order valence-electron chi connectivity index (χ4n) is 1.46. The minimum Gasteiger partial charge on any atom is -0.333 e. The number of hydrogen-bond acceptors (Lipinski definition) is 4. The van der Waals surface area contributed by atoms with Gasteiger partial charge in [-0.15, -0.1) is 0 Å². The van der Waals surface area contributed by atoms with E-state index in [2.05, 4.69) is 20.2 Å². The number of amides is 1. The molecular weight excluding hydrogens is 218 g/mol. The summed E-state index contributed by atoms with van der Waals surface area (Å²) in [5.41, 5.74) is 1.26. The average molecular weight is 231 g/mol. The fourth-order valence-corrected chi connectivity index (χ4v) is 1.46. The van der Waals surface area contributed by atoms with Crippen LogP contribution in [0.3, 0.4) is 0 Å². The van der Waals surface area contributed by atoms with Gasteiger partial charge in [0.05, 0.1) is 6.54 Å². The van der Waals surface area contributed by atoms with Gasteiger partial charge in [-0.2, -0.15) is 5.10 Å². The lowest BCUT2D eigenvalue weighted by atomic mass is 10.3. The molecule has 2 heterocycles. The normalized spacial score (nSPS) is 10.2. The van der Waals surface area contributed by atoms with Crippen LogP contribution in [0.25, 0.3) is 0 Å². The van der Waals surface area contributed by atoms with Crippen LogP contribution in [0.1, 0.15) is 22.0 Å². The number of pyridine rings is 1. The van der Waals surface area contributed by atoms with E-state index in [4.69, 9.17) is 0 Å². The molecule has 17 heavy (non-hydrogen) atoms. The second kappa shape index (κ2) is 4.73. The van der Waals surface area contributed by atoms with Gasteiger partial charge in [-0.25, -0.2) is 9.97 Å². The van der Waals surface area contributed by atoms with Gasteiger partial charge in [0.15, 0.2) is 0 Å². The second-order valence-corrected chi connectivity index (χ2v) is 3.76. The molecule has 2 aromatic heterocycles. The predicted molar refractivity (Wildman–Crippen MR) is 61.2 cm³/mol. The van der Waals surface area contributed by atoms with E-state index in [0.29, 0.717) is 18.1 Å². The zero-order valence-electron chi connectivity index (χ0n) is 9.71. The Morgan fingerprint density at radius 1 is 1.47 bits per heavy atom. The number of aromatic nitrogens is 4. The molecule has 0 spiro atoms. The van der Waals surface area contributed by atoms with Crippen molar-refractivity contribution in [3.8, 4) is 0 Å². The van der Waals surface area contributed by atoms with Crippen molar-refractivity contribution < 1.29 is 4.79 Å². The van der Waals surface area contributed by atoms with E-state index < -0.39 is 0 Å². The van der Waals surface area contributed by atoms with Gasteiger partial charge >= 0.3 is 0 Å². The summed E-state index contributed by atoms with van der Waals surface area (Å²) in [5, 5.41) is 6.44. The summed E-state index contributed by atoms with van der Waals surface area (Å²) in [4.78, 5) is 21.7. The number of nitrogens with one attached hydrogen (secondary N) is 1. The summed E-state index contributed by atoms with van der Waals surface area (Å²) >= 11 is 0. The molecule has 0 radical (unpaired) electrons. The molecule has 0 aromatic carbocycles. The fraction of sp³-hybridized carbons (Fsp3) is 0.273. The third-order valence-electron chi connectivity index (χ3n) is 2.31. The van der Waals surface area contributed by atoms with Gasteiger partial charge in [0, 0.05) is 12.7 Å². The summed E-state index contributed by atoms with van der Waals surface area (Å²) in [5.74, 6) is 0.513. The Bertz CT molecular complexity index is 508. The van der Waals surface area contributed by atoms with Crippen LogP contribution in [0.15, 0.2) is 24.5 Å². The van der Waals surface area contributed by atoms with Gasteiger partial charge in [0.25, 0.3) is 5.91 Å². The van der Waals surface area contributed by atoms with Crippen molar-refractivity contribution in [1.29, 1.82) is 0 Å². The Balaban J connectivity index is 2.09. The number of H-pyrrole nitrogens is 1. The molecule has 0 fully saturated rings. The zero-order valence-corrected chi connectivity index (χ0v) is 9.71. The third kappa shape index (κ3) is 2.66. The van der Waals surface area contributed by atoms with Crippen LogP contribution in [-0.2, 0) is 6.54 Å². The number of nitrogens with zero attached hydrogens (tertiary/aromatic N) is 4. The maximum absolute atomic E-state index is 12.0. The third-order valence-corrected chi connectivity index (χ3v) is 2.31. The van der Waals surface area contributed by atoms with E-state index >= 15 is 0 Å². The predicted octanol–water partition coefficient (Wildman–Crippen LogP) is 0.780. The van der Waals surface area contributed by atoms with E-state index in [-0.39, 0.29) is 5.91 Å². The first kappa shape index (κ1) is 11.3. The molecule has 0 aliphatic carbocycles. The molecule has 1 N–H and O–H groups in total. The largest absolute Gasteiger partial charge is 0.333 e. The Morgan fingerprint density at radius 2 is 2.29 bits per heavy atom. The van der Waals surface area contributed by atoms with Crippen LogP contribution in [0, 0.1) is 6.92 Å². The lowest BCUT2D eigenvalue weighted by Crippen LogP contribution is -2.27. The van der Waals surface area contributed by atoms with Crippen LogP contribution in [0.4, 0.5) is 0 Å². The first-order valence-electron chi connectivity index (χ1n) is 5.20. The Labute approximate surface area is 98.7 Å². The standard InChI is InChI=1S/C11H13N5O/c1-8-4-3-5-9(14-8)11(17)16(2)6-10-12-7-13-15-10/h3-5,7H,6H2,1-2H3,(H,12,13,15). The molecule has 0 atom stereocenters. The number of aromatic amines is 1. The van der Waals surface area contributed by atoms with E-state index in [1.54, 1.807) is 18.0 Å². The van der Waals surface area contributed by atoms with Crippen molar-refractivity contribution in [1.82, 2.24) is 25.1 Å². The highest BCUT2D eigenvalue weighted by Gasteiger charge is 2.14. The first-order valence-corrected chi connectivity index (χ1v) is 5.20. The van der Waals surface area contributed by atoms with Crippen molar-refractivity contribution in [3.63, 3.8) is 0 Å². The molecular formula is C11H13N5O. The summed E-state index contributed by atoms with van der Waals surface area (Å²) in [6.45, 7) is 2.24. The van der Waals surface area contributed by atoms with Crippen molar-refractivity contribution in [2.24, 2.45) is 0 Å². The van der Waals surface area contributed by atoms with Crippen LogP contribution in [-0.4, -0.2) is 38.0 Å². The van der Waals surface area contributed by atoms with Crippen molar-refractivity contribution in [3.05, 3.63) is 41.7 Å². The van der Waals surface area contributed by atoms with E-state index in [0.717, 1.165) is 5.69 Å². The molecule has 6 heteroatoms. The number of hydrogen-bond donors (Lipinski definition) is 1. The first-order chi connectivity index (χ1) is 8.16. The summed E-state index contributed by atoms with van der Waals surface area (Å²) in [7, 11) is 1.70. The van der Waals surface area contributed by atoms with Gasteiger partial charge in [0.1, 0.15) is 17.8 Å². The number of aryl methyl sites for hydroxylation is 1. The van der Waals surface area contributed by atoms with Gasteiger partial charge < -0.3 is 4.90 Å². The topological polar surface area (TPSA) is 74.8 Å². The van der Waals surface area contributed by atoms with Crippen molar-refractivity contribution in [2.45, 2.75) is 13.5 Å². The highest BCUT2D eigenvalue weighted by molar-refractivity contribution is 5.92. The maximum atomic E-state index is 12.0. The molecule has 0 aliphatic heterocycles. The van der Waals surface area contributed by atoms with Gasteiger partial charge in [0.2, 0.25) is 0 Å². The molecule has 2 aromatic rings. The molecule has 6 nitrogen and oxygen atoms in total. The summed E-state index contributed by atoms with van der Waals surface area (Å²) in [6, 6.07) is 5.37. The monoisotopic (exact) mass is 231 g/mol. The van der Waals surface area contributed by atoms with Crippen molar-refractivity contribution in [2.75, 3.05) is 7.05 Å². The Morgan fingerprint density at radius 3 is 2.94 bits per heavy atom. The van der Waals surface area contributed by atoms with Gasteiger partial charge in [-0.05, 0) is 19.1 Å². The van der Waals surface area contributed by atoms with E-state index in [1.807, 2.05) is 19.1 Å². The molecule has 88 valence electrons. The molecule has 1 amide bonds. The van der Waals surface area contributed by atoms with E-state index in [9.17, 15) is 4.79 Å². The van der Waals surface area contributed by atoms with Crippen LogP contribution >= 0.6 is 0 Å². The van der Waals surface area contributed by atoms with E-state index in [1.165, 1.54) is 6.33 Å². The minimum absolute atomic E-state index is 0.134. The quantitative estimate of drug-likeness (QED) is 0.847. The lowest BCUT2D eigenvalue weighted by molar-refractivity contribution is 0.0775. The molecule has 0 aliphatic rings. The molecule has 2 rings (SSSR count). The van der Waals surface area contributed by atoms with Gasteiger partial charge in [-0.3, -0.25) is 9.89 Å². The molecule has 0 saturated heterocycles. The Kier molecular flexibility index (Phi) is 3.13. The van der Waals surface area contributed by atoms with Crippen LogP contribution in [0.5, 0.6) is 0 Å². The number of rotatable bonds is 3. The SMILES string of the molecule is Cc1cccc(C(=O)N(C)Cc2ncn[nH]2)n1. The zero-order chi connectivity index (χ0) is 12.3. The lowest BCUT2D eigenvalue weighted by Gasteiger charge is -2.14. The Hall–Kier alpha value is -2.24. The smallest absolute Gasteiger partial charge is 0.272 e.